The van der Waals surface area contributed by atoms with Crippen LogP contribution in [0.25, 0.3) is 10.8 Å². The van der Waals surface area contributed by atoms with Crippen molar-refractivity contribution in [1.82, 2.24) is 4.98 Å². The summed E-state index contributed by atoms with van der Waals surface area (Å²) in [6, 6.07) is 5.27. The third kappa shape index (κ3) is 1.38. The molecular formula is C11H8ClNO. The number of pyridine rings is 1. The molecule has 0 saturated carbocycles. The fourth-order valence-electron chi connectivity index (χ4n) is 1.46. The Balaban J connectivity index is 2.88. The van der Waals surface area contributed by atoms with Crippen molar-refractivity contribution in [2.45, 2.75) is 6.92 Å². The van der Waals surface area contributed by atoms with Gasteiger partial charge in [0.2, 0.25) is 0 Å². The minimum Gasteiger partial charge on any atom is -0.294 e. The fourth-order valence-corrected chi connectivity index (χ4v) is 1.68. The number of Topliss-reactive ketones (excluding diaryl/α,β-unsaturated/α-hetero) is 1. The molecule has 0 amide bonds. The summed E-state index contributed by atoms with van der Waals surface area (Å²) in [5.41, 5.74) is 0.687. The lowest BCUT2D eigenvalue weighted by atomic mass is 10.0. The molecule has 0 spiro atoms. The SMILES string of the molecule is CC(=O)c1ccc(Cl)c2cnccc12. The number of hydrogen-bond donors (Lipinski definition) is 0. The Morgan fingerprint density at radius 3 is 2.79 bits per heavy atom. The molecule has 3 heteroatoms. The summed E-state index contributed by atoms with van der Waals surface area (Å²) in [6.07, 6.45) is 3.33. The van der Waals surface area contributed by atoms with Crippen molar-refractivity contribution in [2.75, 3.05) is 0 Å². The monoisotopic (exact) mass is 205 g/mol. The molecule has 0 aliphatic rings. The zero-order valence-electron chi connectivity index (χ0n) is 7.62. The minimum absolute atomic E-state index is 0.0397. The van der Waals surface area contributed by atoms with Gasteiger partial charge in [0.25, 0.3) is 0 Å². The van der Waals surface area contributed by atoms with E-state index in [0.29, 0.717) is 10.6 Å². The van der Waals surface area contributed by atoms with Gasteiger partial charge in [-0.1, -0.05) is 11.6 Å². The Morgan fingerprint density at radius 2 is 2.07 bits per heavy atom. The first-order chi connectivity index (χ1) is 6.70. The first kappa shape index (κ1) is 9.16. The molecule has 2 aromatic rings. The van der Waals surface area contributed by atoms with Crippen LogP contribution in [0.5, 0.6) is 0 Å². The predicted octanol–water partition coefficient (Wildman–Crippen LogP) is 3.09. The second kappa shape index (κ2) is 3.39. The van der Waals surface area contributed by atoms with E-state index in [1.54, 1.807) is 37.5 Å². The van der Waals surface area contributed by atoms with Crippen molar-refractivity contribution >= 4 is 28.2 Å². The van der Waals surface area contributed by atoms with E-state index in [1.165, 1.54) is 0 Å². The lowest BCUT2D eigenvalue weighted by Gasteiger charge is -2.03. The van der Waals surface area contributed by atoms with Crippen LogP contribution in [-0.2, 0) is 0 Å². The van der Waals surface area contributed by atoms with E-state index >= 15 is 0 Å². The second-order valence-electron chi connectivity index (χ2n) is 3.07. The highest BCUT2D eigenvalue weighted by atomic mass is 35.5. The lowest BCUT2D eigenvalue weighted by molar-refractivity contribution is 0.101. The number of hydrogen-bond acceptors (Lipinski definition) is 2. The molecule has 70 valence electrons. The van der Waals surface area contributed by atoms with Gasteiger partial charge in [-0.05, 0) is 30.5 Å². The van der Waals surface area contributed by atoms with E-state index in [-0.39, 0.29) is 5.78 Å². The molecule has 0 atom stereocenters. The molecule has 2 rings (SSSR count). The molecule has 0 aliphatic heterocycles. The van der Waals surface area contributed by atoms with Gasteiger partial charge in [0.05, 0.1) is 0 Å². The van der Waals surface area contributed by atoms with Gasteiger partial charge in [-0.3, -0.25) is 9.78 Å². The van der Waals surface area contributed by atoms with Gasteiger partial charge >= 0.3 is 0 Å². The van der Waals surface area contributed by atoms with Crippen LogP contribution in [0.3, 0.4) is 0 Å². The molecule has 1 aromatic carbocycles. The first-order valence-corrected chi connectivity index (χ1v) is 4.61. The smallest absolute Gasteiger partial charge is 0.160 e. The standard InChI is InChI=1S/C11H8ClNO/c1-7(14)8-2-3-11(12)10-6-13-5-4-9(8)10/h2-6H,1H3. The van der Waals surface area contributed by atoms with Gasteiger partial charge < -0.3 is 0 Å². The molecule has 2 nitrogen and oxygen atoms in total. The first-order valence-electron chi connectivity index (χ1n) is 4.23. The van der Waals surface area contributed by atoms with Crippen molar-refractivity contribution in [3.05, 3.63) is 41.2 Å². The number of benzene rings is 1. The highest BCUT2D eigenvalue weighted by Crippen LogP contribution is 2.25. The van der Waals surface area contributed by atoms with Gasteiger partial charge in [-0.2, -0.15) is 0 Å². The Labute approximate surface area is 86.5 Å². The van der Waals surface area contributed by atoms with Crippen LogP contribution < -0.4 is 0 Å². The maximum atomic E-state index is 11.3. The van der Waals surface area contributed by atoms with Crippen molar-refractivity contribution in [3.63, 3.8) is 0 Å². The summed E-state index contributed by atoms with van der Waals surface area (Å²) in [5.74, 6) is 0.0397. The summed E-state index contributed by atoms with van der Waals surface area (Å²) >= 11 is 5.98. The Bertz CT molecular complexity index is 508. The number of halogens is 1. The maximum absolute atomic E-state index is 11.3. The lowest BCUT2D eigenvalue weighted by Crippen LogP contribution is -1.93. The van der Waals surface area contributed by atoms with Crippen molar-refractivity contribution in [3.8, 4) is 0 Å². The van der Waals surface area contributed by atoms with Crippen LogP contribution >= 0.6 is 11.6 Å². The average Bonchev–Trinajstić information content (AvgIpc) is 2.18. The Hall–Kier alpha value is -1.41. The number of carbonyl (C=O) groups excluding carboxylic acids is 1. The van der Waals surface area contributed by atoms with Crippen LogP contribution in [0.1, 0.15) is 17.3 Å². The zero-order chi connectivity index (χ0) is 10.1. The molecule has 0 saturated heterocycles. The van der Waals surface area contributed by atoms with Gasteiger partial charge in [-0.15, -0.1) is 0 Å². The van der Waals surface area contributed by atoms with Crippen LogP contribution in [0.4, 0.5) is 0 Å². The van der Waals surface area contributed by atoms with Gasteiger partial charge in [-0.25, -0.2) is 0 Å². The van der Waals surface area contributed by atoms with Crippen molar-refractivity contribution in [2.24, 2.45) is 0 Å². The molecule has 0 bridgehead atoms. The molecular weight excluding hydrogens is 198 g/mol. The molecule has 14 heavy (non-hydrogen) atoms. The molecule has 0 fully saturated rings. The van der Waals surface area contributed by atoms with Gasteiger partial charge in [0.15, 0.2) is 5.78 Å². The minimum atomic E-state index is 0.0397. The molecule has 1 aromatic heterocycles. The zero-order valence-corrected chi connectivity index (χ0v) is 8.38. The predicted molar refractivity (Wildman–Crippen MR) is 56.8 cm³/mol. The van der Waals surface area contributed by atoms with E-state index in [2.05, 4.69) is 4.98 Å². The van der Waals surface area contributed by atoms with E-state index in [0.717, 1.165) is 10.8 Å². The van der Waals surface area contributed by atoms with E-state index < -0.39 is 0 Å². The third-order valence-electron chi connectivity index (χ3n) is 2.14. The van der Waals surface area contributed by atoms with Crippen molar-refractivity contribution in [1.29, 1.82) is 0 Å². The van der Waals surface area contributed by atoms with E-state index in [1.807, 2.05) is 0 Å². The quantitative estimate of drug-likeness (QED) is 0.670. The van der Waals surface area contributed by atoms with Crippen LogP contribution in [0.2, 0.25) is 5.02 Å². The summed E-state index contributed by atoms with van der Waals surface area (Å²) in [5, 5.41) is 2.31. The summed E-state index contributed by atoms with van der Waals surface area (Å²) in [7, 11) is 0. The van der Waals surface area contributed by atoms with Gasteiger partial charge in [0.1, 0.15) is 0 Å². The average molecular weight is 206 g/mol. The number of carbonyl (C=O) groups is 1. The highest BCUT2D eigenvalue weighted by Gasteiger charge is 2.07. The number of nitrogens with zero attached hydrogens (tertiary/aromatic N) is 1. The summed E-state index contributed by atoms with van der Waals surface area (Å²) < 4.78 is 0. The number of aromatic nitrogens is 1. The third-order valence-corrected chi connectivity index (χ3v) is 2.47. The largest absolute Gasteiger partial charge is 0.294 e. The Morgan fingerprint density at radius 1 is 1.29 bits per heavy atom. The Kier molecular flexibility index (Phi) is 2.22. The highest BCUT2D eigenvalue weighted by molar-refractivity contribution is 6.36. The van der Waals surface area contributed by atoms with Crippen molar-refractivity contribution < 1.29 is 4.79 Å². The number of fused-ring (bicyclic) bond motifs is 1. The topological polar surface area (TPSA) is 30.0 Å². The summed E-state index contributed by atoms with van der Waals surface area (Å²) in [4.78, 5) is 15.3. The van der Waals surface area contributed by atoms with E-state index in [9.17, 15) is 4.79 Å². The maximum Gasteiger partial charge on any atom is 0.160 e. The molecule has 0 N–H and O–H groups in total. The summed E-state index contributed by atoms with van der Waals surface area (Å²) in [6.45, 7) is 1.54. The molecule has 1 heterocycles. The van der Waals surface area contributed by atoms with Gasteiger partial charge in [0, 0.05) is 28.4 Å². The molecule has 0 radical (unpaired) electrons. The van der Waals surface area contributed by atoms with Crippen LogP contribution in [0.15, 0.2) is 30.6 Å². The fraction of sp³-hybridized carbons (Fsp3) is 0.0909. The number of rotatable bonds is 1. The van der Waals surface area contributed by atoms with Crippen LogP contribution in [-0.4, -0.2) is 10.8 Å². The van der Waals surface area contributed by atoms with E-state index in [4.69, 9.17) is 11.6 Å². The second-order valence-corrected chi connectivity index (χ2v) is 3.48. The molecule has 0 unspecified atom stereocenters. The van der Waals surface area contributed by atoms with Crippen LogP contribution in [0, 0.1) is 0 Å². The normalized spacial score (nSPS) is 10.4. The molecule has 0 aliphatic carbocycles. The number of ketones is 1.